The molecule has 1 fully saturated rings. The van der Waals surface area contributed by atoms with E-state index in [0.29, 0.717) is 5.56 Å². The van der Waals surface area contributed by atoms with Crippen LogP contribution in [0, 0.1) is 10.1 Å². The summed E-state index contributed by atoms with van der Waals surface area (Å²) in [4.78, 5) is 25.1. The molecule has 3 rings (SSSR count). The Bertz CT molecular complexity index is 802. The Morgan fingerprint density at radius 1 is 1.31 bits per heavy atom. The fourth-order valence-corrected chi connectivity index (χ4v) is 3.53. The van der Waals surface area contributed by atoms with Crippen LogP contribution in [0.3, 0.4) is 0 Å². The number of carbonyl (C=O) groups excluding carboxylic acids is 1. The van der Waals surface area contributed by atoms with Gasteiger partial charge in [0.05, 0.1) is 30.7 Å². The van der Waals surface area contributed by atoms with Gasteiger partial charge in [-0.1, -0.05) is 12.1 Å². The molecule has 2 aliphatic heterocycles. The molecule has 1 amide bonds. The molecule has 1 saturated heterocycles. The highest BCUT2D eigenvalue weighted by Gasteiger charge is 2.47. The van der Waals surface area contributed by atoms with Crippen molar-refractivity contribution in [1.29, 1.82) is 0 Å². The maximum Gasteiger partial charge on any atom is 0.269 e. The van der Waals surface area contributed by atoms with Crippen LogP contribution in [0.15, 0.2) is 36.3 Å². The summed E-state index contributed by atoms with van der Waals surface area (Å²) >= 11 is 0. The Hall–Kier alpha value is -2.93. The van der Waals surface area contributed by atoms with E-state index in [4.69, 9.17) is 16.2 Å². The van der Waals surface area contributed by atoms with E-state index in [1.165, 1.54) is 29.2 Å². The molecule has 1 aromatic rings. The lowest BCUT2D eigenvalue weighted by Crippen LogP contribution is -2.46. The highest BCUT2D eigenvalue weighted by molar-refractivity contribution is 5.74. The Balaban J connectivity index is 1.81. The number of nitrogens with two attached hydrogens (primary N) is 2. The van der Waals surface area contributed by atoms with Crippen molar-refractivity contribution in [2.75, 3.05) is 13.3 Å². The lowest BCUT2D eigenvalue weighted by Gasteiger charge is -2.32. The van der Waals surface area contributed by atoms with Crippen LogP contribution >= 0.6 is 0 Å². The SMILES string of the molecule is NC(=O)CC(c1ccc([N+](=O)[O-])cc1)N1C=C(N)N([C@@H]2O[C@H](CO)[C@@H](O)[C@H]2O)C1. The van der Waals surface area contributed by atoms with Gasteiger partial charge in [0.25, 0.3) is 5.69 Å². The number of nitro groups is 1. The molecule has 2 heterocycles. The third-order valence-electron chi connectivity index (χ3n) is 5.05. The summed E-state index contributed by atoms with van der Waals surface area (Å²) in [7, 11) is 0. The number of carbonyl (C=O) groups is 1. The van der Waals surface area contributed by atoms with Crippen molar-refractivity contribution in [2.45, 2.75) is 37.0 Å². The number of amides is 1. The summed E-state index contributed by atoms with van der Waals surface area (Å²) in [6.07, 6.45) is -3.05. The number of hydrogen-bond donors (Lipinski definition) is 5. The van der Waals surface area contributed by atoms with Crippen molar-refractivity contribution in [3.8, 4) is 0 Å². The Labute approximate surface area is 165 Å². The Morgan fingerprint density at radius 2 is 1.97 bits per heavy atom. The second kappa shape index (κ2) is 8.21. The first kappa shape index (κ1) is 20.8. The number of benzene rings is 1. The fourth-order valence-electron chi connectivity index (χ4n) is 3.53. The van der Waals surface area contributed by atoms with E-state index >= 15 is 0 Å². The first-order valence-corrected chi connectivity index (χ1v) is 8.87. The molecule has 7 N–H and O–H groups in total. The minimum Gasteiger partial charge on any atom is -0.394 e. The van der Waals surface area contributed by atoms with Gasteiger partial charge in [-0.15, -0.1) is 0 Å². The lowest BCUT2D eigenvalue weighted by atomic mass is 10.0. The quantitative estimate of drug-likeness (QED) is 0.256. The average Bonchev–Trinajstić information content (AvgIpc) is 3.19. The van der Waals surface area contributed by atoms with Gasteiger partial charge in [-0.25, -0.2) is 0 Å². The molecule has 0 aliphatic carbocycles. The maximum absolute atomic E-state index is 11.6. The molecule has 29 heavy (non-hydrogen) atoms. The van der Waals surface area contributed by atoms with Crippen LogP contribution < -0.4 is 11.5 Å². The van der Waals surface area contributed by atoms with E-state index in [9.17, 15) is 30.2 Å². The molecule has 0 bridgehead atoms. The predicted molar refractivity (Wildman–Crippen MR) is 98.2 cm³/mol. The minimum absolute atomic E-state index is 0.0780. The van der Waals surface area contributed by atoms with E-state index in [0.717, 1.165) is 0 Å². The summed E-state index contributed by atoms with van der Waals surface area (Å²) in [6, 6.07) is 5.16. The number of nitro benzene ring substituents is 1. The van der Waals surface area contributed by atoms with Crippen LogP contribution in [-0.4, -0.2) is 73.8 Å². The number of hydrogen-bond acceptors (Lipinski definition) is 10. The summed E-state index contributed by atoms with van der Waals surface area (Å²) in [6.45, 7) is -0.365. The molecular formula is C17H23N5O7. The van der Waals surface area contributed by atoms with Crippen molar-refractivity contribution in [3.05, 3.63) is 52.0 Å². The zero-order valence-corrected chi connectivity index (χ0v) is 15.4. The van der Waals surface area contributed by atoms with E-state index in [1.807, 2.05) is 0 Å². The lowest BCUT2D eigenvalue weighted by molar-refractivity contribution is -0.384. The van der Waals surface area contributed by atoms with E-state index < -0.39 is 48.0 Å². The van der Waals surface area contributed by atoms with Crippen LogP contribution in [0.5, 0.6) is 0 Å². The number of non-ortho nitro benzene ring substituents is 1. The third-order valence-corrected chi connectivity index (χ3v) is 5.05. The predicted octanol–water partition coefficient (Wildman–Crippen LogP) is -1.72. The van der Waals surface area contributed by atoms with Crippen LogP contribution in [0.4, 0.5) is 5.69 Å². The van der Waals surface area contributed by atoms with Gasteiger partial charge in [-0.05, 0) is 5.56 Å². The van der Waals surface area contributed by atoms with Gasteiger partial charge in [-0.2, -0.15) is 0 Å². The maximum atomic E-state index is 11.6. The van der Waals surface area contributed by atoms with Crippen LogP contribution in [0.1, 0.15) is 18.0 Å². The van der Waals surface area contributed by atoms with E-state index in [1.54, 1.807) is 11.1 Å². The van der Waals surface area contributed by atoms with Crippen molar-refractivity contribution in [3.63, 3.8) is 0 Å². The van der Waals surface area contributed by atoms with Crippen molar-refractivity contribution in [1.82, 2.24) is 9.80 Å². The first-order valence-electron chi connectivity index (χ1n) is 8.87. The Morgan fingerprint density at radius 3 is 2.48 bits per heavy atom. The van der Waals surface area contributed by atoms with Gasteiger partial charge in [-0.3, -0.25) is 14.9 Å². The number of nitrogens with zero attached hydrogens (tertiary/aromatic N) is 3. The molecule has 2 aliphatic rings. The molecule has 5 atom stereocenters. The van der Waals surface area contributed by atoms with Crippen LogP contribution in [-0.2, 0) is 9.53 Å². The van der Waals surface area contributed by atoms with E-state index in [-0.39, 0.29) is 24.6 Å². The molecule has 1 aromatic carbocycles. The number of ether oxygens (including phenoxy) is 1. The first-order chi connectivity index (χ1) is 13.7. The molecule has 0 aromatic heterocycles. The van der Waals surface area contributed by atoms with Crippen molar-refractivity contribution >= 4 is 11.6 Å². The Kier molecular flexibility index (Phi) is 5.88. The zero-order valence-electron chi connectivity index (χ0n) is 15.4. The number of aliphatic hydroxyl groups excluding tert-OH is 3. The second-order valence-electron chi connectivity index (χ2n) is 6.94. The summed E-state index contributed by atoms with van der Waals surface area (Å²) in [5.41, 5.74) is 12.0. The molecule has 0 saturated carbocycles. The molecule has 1 unspecified atom stereocenters. The summed E-state index contributed by atoms with van der Waals surface area (Å²) in [5, 5.41) is 40.3. The zero-order chi connectivity index (χ0) is 21.3. The van der Waals surface area contributed by atoms with Gasteiger partial charge >= 0.3 is 0 Å². The normalized spacial score (nSPS) is 27.8. The highest BCUT2D eigenvalue weighted by Crippen LogP contribution is 2.33. The molecule has 158 valence electrons. The topological polar surface area (TPSA) is 189 Å². The molecule has 12 heteroatoms. The molecule has 0 spiro atoms. The highest BCUT2D eigenvalue weighted by atomic mass is 16.6. The molecular weight excluding hydrogens is 386 g/mol. The molecule has 12 nitrogen and oxygen atoms in total. The monoisotopic (exact) mass is 409 g/mol. The number of aliphatic hydroxyl groups is 3. The second-order valence-corrected chi connectivity index (χ2v) is 6.94. The van der Waals surface area contributed by atoms with E-state index in [2.05, 4.69) is 0 Å². The number of primary amides is 1. The number of rotatable bonds is 7. The summed E-state index contributed by atoms with van der Waals surface area (Å²) < 4.78 is 5.51. The van der Waals surface area contributed by atoms with Gasteiger partial charge in [0.15, 0.2) is 6.23 Å². The third kappa shape index (κ3) is 4.10. The van der Waals surface area contributed by atoms with Gasteiger partial charge in [0.1, 0.15) is 24.1 Å². The van der Waals surface area contributed by atoms with Crippen LogP contribution in [0.25, 0.3) is 0 Å². The van der Waals surface area contributed by atoms with Gasteiger partial charge in [0.2, 0.25) is 5.91 Å². The molecule has 0 radical (unpaired) electrons. The van der Waals surface area contributed by atoms with Crippen LogP contribution in [0.2, 0.25) is 0 Å². The minimum atomic E-state index is -1.30. The fraction of sp³-hybridized carbons (Fsp3) is 0.471. The largest absolute Gasteiger partial charge is 0.394 e. The average molecular weight is 409 g/mol. The van der Waals surface area contributed by atoms with Crippen molar-refractivity contribution in [2.24, 2.45) is 11.5 Å². The van der Waals surface area contributed by atoms with Gasteiger partial charge < -0.3 is 41.3 Å². The summed E-state index contributed by atoms with van der Waals surface area (Å²) in [5.74, 6) is -0.358. The van der Waals surface area contributed by atoms with Crippen molar-refractivity contribution < 1.29 is 29.8 Å². The van der Waals surface area contributed by atoms with Gasteiger partial charge in [0, 0.05) is 18.3 Å². The smallest absolute Gasteiger partial charge is 0.269 e. The standard InChI is InChI=1S/C17H23N5O7/c18-13-6-20(8-21(13)17-16(26)15(25)12(7-23)29-17)11(5-14(19)24)9-1-3-10(4-2-9)22(27)28/h1-4,6,11-12,15-17,23,25-26H,5,7-8,18H2,(H2,19,24)/t11?,12-,15-,16-,17-/m1/s1.